The minimum absolute atomic E-state index is 0. The van der Waals surface area contributed by atoms with Crippen molar-refractivity contribution in [2.45, 2.75) is 13.0 Å². The van der Waals surface area contributed by atoms with E-state index in [1.165, 1.54) is 0 Å². The maximum Gasteiger partial charge on any atom is 0.321 e. The van der Waals surface area contributed by atoms with Crippen molar-refractivity contribution >= 4 is 18.6 Å². The molecule has 0 aliphatic heterocycles. The molecule has 3 nitrogen and oxygen atoms in total. The number of thiol groups is 1. The SMILES string of the molecule is NC(CS)C(=O)O.[CH2-]C.[Zn]. The second-order valence-corrected chi connectivity index (χ2v) is 1.49. The van der Waals surface area contributed by atoms with E-state index in [2.05, 4.69) is 19.6 Å². The Morgan fingerprint density at radius 2 is 2.10 bits per heavy atom. The predicted molar refractivity (Wildman–Crippen MR) is 40.5 cm³/mol. The predicted octanol–water partition coefficient (Wildman–Crippen LogP) is 0.166. The standard InChI is InChI=1S/C3H7NO2S.C2H5.Zn/c4-2(1-7)3(5)6;1-2;/h2,7H,1,4H2,(H,5,6);1H2,2H3;/q;-1;. The summed E-state index contributed by atoms with van der Waals surface area (Å²) in [5.41, 5.74) is 4.94. The molecule has 10 heavy (non-hydrogen) atoms. The Balaban J connectivity index is -0.000000149. The van der Waals surface area contributed by atoms with E-state index in [4.69, 9.17) is 10.8 Å². The second-order valence-electron chi connectivity index (χ2n) is 1.13. The van der Waals surface area contributed by atoms with E-state index in [1.807, 2.05) is 0 Å². The Bertz CT molecular complexity index is 82.0. The van der Waals surface area contributed by atoms with Crippen LogP contribution in [0.5, 0.6) is 0 Å². The molecule has 0 radical (unpaired) electrons. The van der Waals surface area contributed by atoms with Gasteiger partial charge < -0.3 is 17.8 Å². The summed E-state index contributed by atoms with van der Waals surface area (Å²) in [4.78, 5) is 9.76. The van der Waals surface area contributed by atoms with Gasteiger partial charge in [0, 0.05) is 25.2 Å². The summed E-state index contributed by atoms with van der Waals surface area (Å²) in [6, 6.07) is -0.816. The fourth-order valence-corrected chi connectivity index (χ4v) is 0.234. The first-order valence-corrected chi connectivity index (χ1v) is 3.11. The second kappa shape index (κ2) is 12.1. The van der Waals surface area contributed by atoms with Gasteiger partial charge in [-0.2, -0.15) is 19.6 Å². The van der Waals surface area contributed by atoms with Crippen LogP contribution >= 0.6 is 12.6 Å². The summed E-state index contributed by atoms with van der Waals surface area (Å²) < 4.78 is 0. The van der Waals surface area contributed by atoms with E-state index >= 15 is 0 Å². The smallest absolute Gasteiger partial charge is 0.321 e. The molecule has 0 aliphatic rings. The minimum Gasteiger partial charge on any atom is -0.480 e. The van der Waals surface area contributed by atoms with Gasteiger partial charge >= 0.3 is 5.97 Å². The molecule has 0 aromatic rings. The Labute approximate surface area is 79.5 Å². The first-order valence-electron chi connectivity index (χ1n) is 2.48. The molecular weight excluding hydrogens is 204 g/mol. The van der Waals surface area contributed by atoms with Crippen LogP contribution in [0.3, 0.4) is 0 Å². The monoisotopic (exact) mass is 214 g/mol. The Kier molecular flexibility index (Phi) is 20.3. The topological polar surface area (TPSA) is 63.3 Å². The fraction of sp³-hybridized carbons (Fsp3) is 0.600. The number of carbonyl (C=O) groups is 1. The Morgan fingerprint density at radius 1 is 1.80 bits per heavy atom. The zero-order valence-corrected chi connectivity index (χ0v) is 9.94. The van der Waals surface area contributed by atoms with Crippen LogP contribution in [0.25, 0.3) is 0 Å². The average molecular weight is 216 g/mol. The molecule has 0 amide bonds. The van der Waals surface area contributed by atoms with Crippen LogP contribution in [-0.2, 0) is 24.3 Å². The summed E-state index contributed by atoms with van der Waals surface area (Å²) in [6.07, 6.45) is 0. The van der Waals surface area contributed by atoms with Crippen molar-refractivity contribution in [2.24, 2.45) is 5.73 Å². The number of aliphatic carboxylic acids is 1. The first kappa shape index (κ1) is 16.8. The molecule has 1 unspecified atom stereocenters. The van der Waals surface area contributed by atoms with Crippen molar-refractivity contribution in [3.05, 3.63) is 6.92 Å². The van der Waals surface area contributed by atoms with Crippen LogP contribution in [0.4, 0.5) is 0 Å². The maximum absolute atomic E-state index is 9.76. The Hall–Kier alpha value is 0.403. The molecule has 0 saturated carbocycles. The van der Waals surface area contributed by atoms with Gasteiger partial charge in [-0.3, -0.25) is 4.79 Å². The third-order valence-electron chi connectivity index (χ3n) is 0.514. The quantitative estimate of drug-likeness (QED) is 0.350. The number of hydrogen-bond acceptors (Lipinski definition) is 3. The molecular formula is C5H12NO2SZn-. The van der Waals surface area contributed by atoms with E-state index < -0.39 is 12.0 Å². The molecule has 0 aliphatic carbocycles. The van der Waals surface area contributed by atoms with Crippen LogP contribution in [-0.4, -0.2) is 22.9 Å². The van der Waals surface area contributed by atoms with Gasteiger partial charge in [0.1, 0.15) is 6.04 Å². The van der Waals surface area contributed by atoms with Gasteiger partial charge in [0.05, 0.1) is 0 Å². The largest absolute Gasteiger partial charge is 0.480 e. The van der Waals surface area contributed by atoms with Crippen molar-refractivity contribution in [2.75, 3.05) is 5.75 Å². The van der Waals surface area contributed by atoms with Crippen molar-refractivity contribution in [1.82, 2.24) is 0 Å². The van der Waals surface area contributed by atoms with Gasteiger partial charge in [-0.25, -0.2) is 0 Å². The van der Waals surface area contributed by atoms with Crippen molar-refractivity contribution in [1.29, 1.82) is 0 Å². The fourth-order valence-electron chi connectivity index (χ4n) is 0.0781. The molecule has 0 aromatic carbocycles. The minimum atomic E-state index is -1.00. The molecule has 58 valence electrons. The van der Waals surface area contributed by atoms with Crippen LogP contribution in [0.15, 0.2) is 0 Å². The molecule has 0 rings (SSSR count). The number of carboxylic acids is 1. The van der Waals surface area contributed by atoms with Crippen LogP contribution in [0.2, 0.25) is 0 Å². The zero-order chi connectivity index (χ0) is 7.86. The van der Waals surface area contributed by atoms with Crippen LogP contribution in [0, 0.1) is 6.92 Å². The zero-order valence-electron chi connectivity index (χ0n) is 6.08. The van der Waals surface area contributed by atoms with Crippen LogP contribution < -0.4 is 5.73 Å². The average Bonchev–Trinajstić information content (AvgIpc) is 1.91. The Morgan fingerprint density at radius 3 is 2.10 bits per heavy atom. The number of rotatable bonds is 2. The number of nitrogens with two attached hydrogens (primary N) is 1. The molecule has 0 spiro atoms. The van der Waals surface area contributed by atoms with Crippen LogP contribution in [0.1, 0.15) is 6.92 Å². The molecule has 3 N–H and O–H groups in total. The summed E-state index contributed by atoms with van der Waals surface area (Å²) in [7, 11) is 0. The molecule has 0 aromatic heterocycles. The van der Waals surface area contributed by atoms with Gasteiger partial charge in [0.25, 0.3) is 0 Å². The summed E-state index contributed by atoms with van der Waals surface area (Å²) in [6.45, 7) is 5.00. The van der Waals surface area contributed by atoms with Gasteiger partial charge in [-0.15, -0.1) is 0 Å². The molecule has 0 heterocycles. The van der Waals surface area contributed by atoms with E-state index in [-0.39, 0.29) is 25.2 Å². The number of carboxylic acid groups (broad SMARTS) is 1. The third-order valence-corrected chi connectivity index (χ3v) is 0.907. The van der Waals surface area contributed by atoms with Crippen molar-refractivity contribution < 1.29 is 29.4 Å². The summed E-state index contributed by atoms with van der Waals surface area (Å²) in [5, 5.41) is 8.01. The maximum atomic E-state index is 9.76. The number of hydrogen-bond donors (Lipinski definition) is 3. The molecule has 0 bridgehead atoms. The summed E-state index contributed by atoms with van der Waals surface area (Å²) >= 11 is 3.65. The van der Waals surface area contributed by atoms with Crippen molar-refractivity contribution in [3.63, 3.8) is 0 Å². The van der Waals surface area contributed by atoms with E-state index in [0.717, 1.165) is 0 Å². The third kappa shape index (κ3) is 11.2. The molecule has 5 heteroatoms. The van der Waals surface area contributed by atoms with E-state index in [1.54, 1.807) is 6.92 Å². The molecule has 0 fully saturated rings. The van der Waals surface area contributed by atoms with Gasteiger partial charge in [-0.1, -0.05) is 0 Å². The van der Waals surface area contributed by atoms with Gasteiger partial charge in [0.2, 0.25) is 0 Å². The normalized spacial score (nSPS) is 10.0. The molecule has 0 saturated heterocycles. The van der Waals surface area contributed by atoms with E-state index in [0.29, 0.717) is 0 Å². The van der Waals surface area contributed by atoms with Gasteiger partial charge in [-0.05, 0) is 0 Å². The van der Waals surface area contributed by atoms with E-state index in [9.17, 15) is 4.79 Å². The van der Waals surface area contributed by atoms with Crippen molar-refractivity contribution in [3.8, 4) is 0 Å². The summed E-state index contributed by atoms with van der Waals surface area (Å²) in [5.74, 6) is -0.815. The first-order chi connectivity index (χ1) is 4.18. The molecule has 1 atom stereocenters. The van der Waals surface area contributed by atoms with Gasteiger partial charge in [0.15, 0.2) is 0 Å².